The van der Waals surface area contributed by atoms with E-state index >= 15 is 0 Å². The molecule has 5 heteroatoms. The van der Waals surface area contributed by atoms with Crippen LogP contribution in [0.2, 0.25) is 6.82 Å². The number of allylic oxidation sites excluding steroid dienone is 1. The van der Waals surface area contributed by atoms with Gasteiger partial charge < -0.3 is 9.64 Å². The number of nitrogens with zero attached hydrogens (tertiary/aromatic N) is 1. The third kappa shape index (κ3) is 4.16. The van der Waals surface area contributed by atoms with Gasteiger partial charge >= 0.3 is 6.09 Å². The van der Waals surface area contributed by atoms with Gasteiger partial charge in [-0.05, 0) is 50.5 Å². The van der Waals surface area contributed by atoms with E-state index in [1.165, 1.54) is 15.9 Å². The first-order valence-electron chi connectivity index (χ1n) is 7.86. The van der Waals surface area contributed by atoms with Crippen molar-refractivity contribution >= 4 is 35.7 Å². The van der Waals surface area contributed by atoms with Crippen LogP contribution in [0.15, 0.2) is 18.0 Å². The van der Waals surface area contributed by atoms with Gasteiger partial charge in [-0.2, -0.15) is 0 Å². The molecular weight excluding hydrogens is 293 g/mol. The van der Waals surface area contributed by atoms with Gasteiger partial charge in [-0.3, -0.25) is 0 Å². The molecule has 0 spiro atoms. The quantitative estimate of drug-likeness (QED) is 0.794. The number of likely N-dealkylation sites (tertiary alicyclic amines) is 1. The summed E-state index contributed by atoms with van der Waals surface area (Å²) in [5, 5.41) is 2.12. The zero-order chi connectivity index (χ0) is 16.3. The normalized spacial score (nSPS) is 16.5. The first-order chi connectivity index (χ1) is 10.3. The predicted molar refractivity (Wildman–Crippen MR) is 95.1 cm³/mol. The lowest BCUT2D eigenvalue weighted by Gasteiger charge is -2.34. The Morgan fingerprint density at radius 3 is 2.59 bits per heavy atom. The molecule has 2 heterocycles. The molecule has 1 amide bonds. The van der Waals surface area contributed by atoms with Gasteiger partial charge in [0.2, 0.25) is 0 Å². The van der Waals surface area contributed by atoms with Gasteiger partial charge in [0.05, 0.1) is 0 Å². The first kappa shape index (κ1) is 17.1. The highest BCUT2D eigenvalue weighted by Gasteiger charge is 2.28. The van der Waals surface area contributed by atoms with Gasteiger partial charge in [0.1, 0.15) is 12.9 Å². The topological polar surface area (TPSA) is 29.5 Å². The summed E-state index contributed by atoms with van der Waals surface area (Å²) in [4.78, 5) is 15.2. The number of carbonyl (C=O) groups excluding carboxylic acids is 1. The van der Waals surface area contributed by atoms with E-state index in [0.717, 1.165) is 25.9 Å². The minimum absolute atomic E-state index is 0.199. The van der Waals surface area contributed by atoms with Crippen molar-refractivity contribution < 1.29 is 9.53 Å². The van der Waals surface area contributed by atoms with Crippen LogP contribution < -0.4 is 5.46 Å². The third-order valence-electron chi connectivity index (χ3n) is 3.94. The smallest absolute Gasteiger partial charge is 0.410 e. The van der Waals surface area contributed by atoms with Crippen molar-refractivity contribution in [3.8, 4) is 0 Å². The van der Waals surface area contributed by atoms with Gasteiger partial charge in [-0.1, -0.05) is 24.9 Å². The van der Waals surface area contributed by atoms with Crippen molar-refractivity contribution in [2.75, 3.05) is 13.1 Å². The second kappa shape index (κ2) is 6.90. The van der Waals surface area contributed by atoms with Crippen LogP contribution in [0.1, 0.15) is 38.5 Å². The lowest BCUT2D eigenvalue weighted by atomic mass is 9.71. The van der Waals surface area contributed by atoms with E-state index in [4.69, 9.17) is 4.74 Å². The van der Waals surface area contributed by atoms with Crippen molar-refractivity contribution in [1.29, 1.82) is 0 Å². The van der Waals surface area contributed by atoms with E-state index in [9.17, 15) is 4.79 Å². The largest absolute Gasteiger partial charge is 0.444 e. The molecule has 1 radical (unpaired) electrons. The zero-order valence-electron chi connectivity index (χ0n) is 14.0. The van der Waals surface area contributed by atoms with Crippen molar-refractivity contribution in [2.24, 2.45) is 5.92 Å². The third-order valence-corrected chi connectivity index (χ3v) is 4.94. The molecule has 2 rings (SSSR count). The summed E-state index contributed by atoms with van der Waals surface area (Å²) in [6.45, 7) is 13.6. The van der Waals surface area contributed by atoms with Crippen LogP contribution in [0.4, 0.5) is 4.79 Å². The highest BCUT2D eigenvalue weighted by Crippen LogP contribution is 2.32. The molecule has 0 unspecified atom stereocenters. The van der Waals surface area contributed by atoms with Crippen LogP contribution in [0.25, 0.3) is 5.57 Å². The molecule has 0 atom stereocenters. The fourth-order valence-corrected chi connectivity index (χ4v) is 3.72. The Hall–Kier alpha value is -1.23. The molecule has 0 saturated carbocycles. The molecule has 1 aliphatic heterocycles. The standard InChI is InChI=1S/C17H25BNO2S/c1-12(15-14(18-5)8-11-22-15)13-6-9-19(10-7-13)16(20)21-17(2,3)4/h8,11,13H,1,6-7,9-10H2,2-5H3. The van der Waals surface area contributed by atoms with Crippen molar-refractivity contribution in [1.82, 2.24) is 4.90 Å². The maximum Gasteiger partial charge on any atom is 0.410 e. The molecule has 119 valence electrons. The van der Waals surface area contributed by atoms with Crippen LogP contribution >= 0.6 is 11.3 Å². The molecule has 1 saturated heterocycles. The number of rotatable bonds is 3. The van der Waals surface area contributed by atoms with Crippen LogP contribution in [0, 0.1) is 5.92 Å². The molecule has 0 aliphatic carbocycles. The Balaban J connectivity index is 1.92. The molecule has 1 aromatic rings. The van der Waals surface area contributed by atoms with Gasteiger partial charge in [0.15, 0.2) is 0 Å². The number of carbonyl (C=O) groups is 1. The van der Waals surface area contributed by atoms with E-state index < -0.39 is 5.60 Å². The molecule has 22 heavy (non-hydrogen) atoms. The molecule has 1 fully saturated rings. The minimum Gasteiger partial charge on any atom is -0.444 e. The Morgan fingerprint density at radius 2 is 2.05 bits per heavy atom. The van der Waals surface area contributed by atoms with Gasteiger partial charge in [-0.15, -0.1) is 11.3 Å². The first-order valence-corrected chi connectivity index (χ1v) is 8.73. The average Bonchev–Trinajstić information content (AvgIpc) is 2.93. The summed E-state index contributed by atoms with van der Waals surface area (Å²) in [5.74, 6) is 0.455. The highest BCUT2D eigenvalue weighted by molar-refractivity contribution is 7.12. The van der Waals surface area contributed by atoms with Crippen molar-refractivity contribution in [2.45, 2.75) is 46.0 Å². The van der Waals surface area contributed by atoms with Crippen LogP contribution in [0.5, 0.6) is 0 Å². The fraction of sp³-hybridized carbons (Fsp3) is 0.588. The lowest BCUT2D eigenvalue weighted by molar-refractivity contribution is 0.0200. The molecular formula is C17H25BNO2S. The van der Waals surface area contributed by atoms with Gasteiger partial charge in [0.25, 0.3) is 0 Å². The maximum absolute atomic E-state index is 12.1. The highest BCUT2D eigenvalue weighted by atomic mass is 32.1. The molecule has 0 bridgehead atoms. The van der Waals surface area contributed by atoms with Crippen LogP contribution in [0.3, 0.4) is 0 Å². The lowest BCUT2D eigenvalue weighted by Crippen LogP contribution is -2.41. The summed E-state index contributed by atoms with van der Waals surface area (Å²) < 4.78 is 5.44. The van der Waals surface area contributed by atoms with E-state index in [2.05, 4.69) is 32.1 Å². The average molecular weight is 318 g/mol. The summed E-state index contributed by atoms with van der Waals surface area (Å²) in [6.07, 6.45) is 1.72. The molecule has 0 aromatic carbocycles. The Kier molecular flexibility index (Phi) is 5.38. The molecule has 3 nitrogen and oxygen atoms in total. The van der Waals surface area contributed by atoms with E-state index in [0.29, 0.717) is 5.92 Å². The summed E-state index contributed by atoms with van der Waals surface area (Å²) in [6, 6.07) is 2.14. The second-order valence-electron chi connectivity index (χ2n) is 6.76. The minimum atomic E-state index is -0.430. The fourth-order valence-electron chi connectivity index (χ4n) is 2.73. The number of thiophene rings is 1. The summed E-state index contributed by atoms with van der Waals surface area (Å²) in [5.41, 5.74) is 2.05. The maximum atomic E-state index is 12.1. The van der Waals surface area contributed by atoms with E-state index in [1.54, 1.807) is 11.3 Å². The van der Waals surface area contributed by atoms with Gasteiger partial charge in [0, 0.05) is 18.0 Å². The predicted octanol–water partition coefficient (Wildman–Crippen LogP) is 3.79. The number of amides is 1. The van der Waals surface area contributed by atoms with E-state index in [-0.39, 0.29) is 6.09 Å². The second-order valence-corrected chi connectivity index (χ2v) is 7.68. The Labute approximate surface area is 138 Å². The number of hydrogen-bond acceptors (Lipinski definition) is 3. The van der Waals surface area contributed by atoms with Crippen LogP contribution in [-0.4, -0.2) is 37.0 Å². The van der Waals surface area contributed by atoms with E-state index in [1.807, 2.05) is 25.7 Å². The molecule has 0 N–H and O–H groups in total. The number of hydrogen-bond donors (Lipinski definition) is 0. The Bertz CT molecular complexity index is 539. The van der Waals surface area contributed by atoms with Crippen molar-refractivity contribution in [3.05, 3.63) is 22.9 Å². The van der Waals surface area contributed by atoms with Gasteiger partial charge in [-0.25, -0.2) is 4.79 Å². The summed E-state index contributed by atoms with van der Waals surface area (Å²) in [7, 11) is 2.13. The van der Waals surface area contributed by atoms with Crippen molar-refractivity contribution in [3.63, 3.8) is 0 Å². The zero-order valence-corrected chi connectivity index (χ0v) is 14.8. The van der Waals surface area contributed by atoms with Crippen LogP contribution in [-0.2, 0) is 4.74 Å². The summed E-state index contributed by atoms with van der Waals surface area (Å²) >= 11 is 1.75. The number of piperidine rings is 1. The number of ether oxygens (including phenoxy) is 1. The molecule has 1 aliphatic rings. The monoisotopic (exact) mass is 318 g/mol. The SMILES string of the molecule is C=C(c1sccc1[B]C)C1CCN(C(=O)OC(C)(C)C)CC1. The molecule has 1 aromatic heterocycles. The Morgan fingerprint density at radius 1 is 1.41 bits per heavy atom.